The summed E-state index contributed by atoms with van der Waals surface area (Å²) in [7, 11) is 5.27. The minimum Gasteiger partial charge on any atom is -0.504 e. The summed E-state index contributed by atoms with van der Waals surface area (Å²) in [5, 5.41) is 39.1. The first-order chi connectivity index (χ1) is 20.9. The monoisotopic (exact) mass is 602 g/mol. The molecule has 0 aliphatic carbocycles. The number of Topliss-reactive ketones (excluding diaryl/α,β-unsaturated/α-hetero) is 4. The molecule has 0 aliphatic rings. The van der Waals surface area contributed by atoms with Crippen LogP contribution in [0.3, 0.4) is 0 Å². The number of hydrogen-bond donors (Lipinski definition) is 4. The molecule has 0 amide bonds. The molecule has 4 aromatic rings. The first kappa shape index (κ1) is 30.9. The molecule has 12 heteroatoms. The van der Waals surface area contributed by atoms with Gasteiger partial charge in [-0.25, -0.2) is 0 Å². The van der Waals surface area contributed by atoms with Crippen molar-refractivity contribution in [1.29, 1.82) is 0 Å². The summed E-state index contributed by atoms with van der Waals surface area (Å²) in [5.74, 6) is -6.23. The van der Waals surface area contributed by atoms with Crippen LogP contribution in [0.4, 0.5) is 0 Å². The lowest BCUT2D eigenvalue weighted by Gasteiger charge is -2.18. The number of hydrogen-bond acceptors (Lipinski definition) is 12. The van der Waals surface area contributed by atoms with Crippen molar-refractivity contribution < 1.29 is 58.6 Å². The highest BCUT2D eigenvalue weighted by atomic mass is 16.5. The second-order valence-corrected chi connectivity index (χ2v) is 9.23. The summed E-state index contributed by atoms with van der Waals surface area (Å²) >= 11 is 0. The van der Waals surface area contributed by atoms with Crippen LogP contribution in [0.25, 0.3) is 11.1 Å². The second-order valence-electron chi connectivity index (χ2n) is 9.23. The summed E-state index contributed by atoms with van der Waals surface area (Å²) in [4.78, 5) is 54.1. The molecule has 0 fully saturated rings. The zero-order valence-corrected chi connectivity index (χ0v) is 23.8. The fraction of sp³-hybridized carbons (Fsp3) is 0.125. The Morgan fingerprint density at radius 3 is 1.05 bits per heavy atom. The van der Waals surface area contributed by atoms with E-state index in [0.717, 1.165) is 36.4 Å². The largest absolute Gasteiger partial charge is 0.504 e. The number of benzene rings is 4. The third kappa shape index (κ3) is 5.68. The minimum absolute atomic E-state index is 0.0327. The molecule has 0 bridgehead atoms. The van der Waals surface area contributed by atoms with Crippen LogP contribution < -0.4 is 18.9 Å². The number of rotatable bonds is 11. The van der Waals surface area contributed by atoms with E-state index in [-0.39, 0.29) is 56.4 Å². The van der Waals surface area contributed by atoms with Gasteiger partial charge in [0.05, 0.1) is 28.4 Å². The van der Waals surface area contributed by atoms with Gasteiger partial charge < -0.3 is 39.4 Å². The number of phenolic OH excluding ortho intramolecular Hbond substituents is 4. The minimum atomic E-state index is -1.09. The van der Waals surface area contributed by atoms with Gasteiger partial charge in [-0.2, -0.15) is 0 Å². The Morgan fingerprint density at radius 2 is 0.750 bits per heavy atom. The first-order valence-electron chi connectivity index (χ1n) is 12.7. The molecule has 4 N–H and O–H groups in total. The van der Waals surface area contributed by atoms with Crippen LogP contribution in [0.1, 0.15) is 41.4 Å². The average Bonchev–Trinajstić information content (AvgIpc) is 3.04. The maximum atomic E-state index is 13.7. The van der Waals surface area contributed by atoms with Crippen molar-refractivity contribution in [3.05, 3.63) is 82.9 Å². The molecule has 0 saturated heterocycles. The predicted octanol–water partition coefficient (Wildman–Crippen LogP) is 4.34. The molecule has 0 aromatic heterocycles. The van der Waals surface area contributed by atoms with Gasteiger partial charge in [-0.15, -0.1) is 0 Å². The lowest BCUT2D eigenvalue weighted by molar-refractivity contribution is 0.0815. The van der Waals surface area contributed by atoms with Gasteiger partial charge in [0.15, 0.2) is 46.0 Å². The van der Waals surface area contributed by atoms with E-state index < -0.39 is 46.1 Å². The van der Waals surface area contributed by atoms with Crippen molar-refractivity contribution in [2.24, 2.45) is 0 Å². The highest BCUT2D eigenvalue weighted by Crippen LogP contribution is 2.42. The van der Waals surface area contributed by atoms with E-state index in [1.807, 2.05) is 0 Å². The molecule has 4 aromatic carbocycles. The van der Waals surface area contributed by atoms with E-state index in [9.17, 15) is 39.6 Å². The van der Waals surface area contributed by atoms with Crippen molar-refractivity contribution >= 4 is 23.1 Å². The normalized spacial score (nSPS) is 10.5. The van der Waals surface area contributed by atoms with Crippen LogP contribution in [-0.2, 0) is 0 Å². The van der Waals surface area contributed by atoms with E-state index in [1.54, 1.807) is 0 Å². The molecule has 0 radical (unpaired) electrons. The van der Waals surface area contributed by atoms with Gasteiger partial charge in [0.2, 0.25) is 23.1 Å². The van der Waals surface area contributed by atoms with Crippen molar-refractivity contribution in [3.63, 3.8) is 0 Å². The lowest BCUT2D eigenvalue weighted by atomic mass is 9.87. The maximum absolute atomic E-state index is 13.7. The number of methoxy groups -OCH3 is 4. The highest BCUT2D eigenvalue weighted by Gasteiger charge is 2.30. The number of carbonyl (C=O) groups is 4. The third-order valence-electron chi connectivity index (χ3n) is 6.71. The smallest absolute Gasteiger partial charge is 0.234 e. The van der Waals surface area contributed by atoms with Crippen molar-refractivity contribution in [3.8, 4) is 57.1 Å². The van der Waals surface area contributed by atoms with Gasteiger partial charge in [-0.05, 0) is 71.8 Å². The fourth-order valence-corrected chi connectivity index (χ4v) is 4.42. The molecule has 12 nitrogen and oxygen atoms in total. The van der Waals surface area contributed by atoms with Gasteiger partial charge in [-0.1, -0.05) is 0 Å². The Labute approximate surface area is 250 Å². The van der Waals surface area contributed by atoms with Crippen LogP contribution in [0, 0.1) is 0 Å². The quantitative estimate of drug-likeness (QED) is 0.108. The number of carbonyl (C=O) groups excluding carboxylic acids is 4. The van der Waals surface area contributed by atoms with Gasteiger partial charge in [-0.3, -0.25) is 19.2 Å². The number of phenols is 4. The standard InChI is InChI=1S/C32H26O12/c1-41-25-11-17(19(13-27(25)43-3)31(39)29(37)15-5-7-21(33)23(35)9-15)18-12-26(42-2)28(44-4)14-20(18)32(40)30(38)16-6-8-22(34)24(36)10-16/h5-14,33-36H,1-4H3. The Morgan fingerprint density at radius 1 is 0.432 bits per heavy atom. The van der Waals surface area contributed by atoms with Crippen molar-refractivity contribution in [1.82, 2.24) is 0 Å². The van der Waals surface area contributed by atoms with Gasteiger partial charge in [0.1, 0.15) is 0 Å². The molecule has 0 aliphatic heterocycles. The topological polar surface area (TPSA) is 186 Å². The molecule has 0 spiro atoms. The fourth-order valence-electron chi connectivity index (χ4n) is 4.42. The second kappa shape index (κ2) is 12.4. The van der Waals surface area contributed by atoms with Crippen LogP contribution in [0.5, 0.6) is 46.0 Å². The van der Waals surface area contributed by atoms with Crippen molar-refractivity contribution in [2.75, 3.05) is 28.4 Å². The SMILES string of the molecule is COc1cc(C(=O)C(=O)c2ccc(O)c(O)c2)c(-c2cc(OC)c(OC)cc2C(=O)C(=O)c2ccc(O)c(O)c2)cc1OC. The van der Waals surface area contributed by atoms with Gasteiger partial charge in [0.25, 0.3) is 0 Å². The lowest BCUT2D eigenvalue weighted by Crippen LogP contribution is -2.18. The molecular formula is C32H26O12. The van der Waals surface area contributed by atoms with E-state index in [1.165, 1.54) is 52.7 Å². The zero-order chi connectivity index (χ0) is 32.3. The Kier molecular flexibility index (Phi) is 8.75. The summed E-state index contributed by atoms with van der Waals surface area (Å²) in [6, 6.07) is 11.3. The Balaban J connectivity index is 1.99. The van der Waals surface area contributed by atoms with E-state index in [0.29, 0.717) is 0 Å². The summed E-state index contributed by atoms with van der Waals surface area (Å²) in [6.45, 7) is 0. The van der Waals surface area contributed by atoms with Gasteiger partial charge in [0, 0.05) is 22.3 Å². The van der Waals surface area contributed by atoms with E-state index in [4.69, 9.17) is 18.9 Å². The Hall–Kier alpha value is -6.04. The summed E-state index contributed by atoms with van der Waals surface area (Å²) in [5.41, 5.74) is -1.08. The molecular weight excluding hydrogens is 576 g/mol. The molecule has 0 atom stereocenters. The zero-order valence-electron chi connectivity index (χ0n) is 23.8. The molecule has 4 rings (SSSR count). The average molecular weight is 603 g/mol. The number of aromatic hydroxyl groups is 4. The molecule has 226 valence electrons. The molecule has 44 heavy (non-hydrogen) atoms. The van der Waals surface area contributed by atoms with Crippen LogP contribution in [0.15, 0.2) is 60.7 Å². The number of ether oxygens (including phenoxy) is 4. The predicted molar refractivity (Wildman–Crippen MR) is 155 cm³/mol. The Bertz CT molecular complexity index is 1690. The molecule has 0 saturated carbocycles. The first-order valence-corrected chi connectivity index (χ1v) is 12.7. The highest BCUT2D eigenvalue weighted by molar-refractivity contribution is 6.52. The van der Waals surface area contributed by atoms with Gasteiger partial charge >= 0.3 is 0 Å². The van der Waals surface area contributed by atoms with E-state index >= 15 is 0 Å². The summed E-state index contributed by atoms with van der Waals surface area (Å²) < 4.78 is 21.5. The molecule has 0 unspecified atom stereocenters. The van der Waals surface area contributed by atoms with Crippen LogP contribution >= 0.6 is 0 Å². The van der Waals surface area contributed by atoms with Crippen LogP contribution in [0.2, 0.25) is 0 Å². The van der Waals surface area contributed by atoms with E-state index in [2.05, 4.69) is 0 Å². The maximum Gasteiger partial charge on any atom is 0.234 e. The third-order valence-corrected chi connectivity index (χ3v) is 6.71. The molecule has 0 heterocycles. The van der Waals surface area contributed by atoms with Crippen LogP contribution in [-0.4, -0.2) is 72.0 Å². The summed E-state index contributed by atoms with van der Waals surface area (Å²) in [6.07, 6.45) is 0. The number of ketones is 4. The van der Waals surface area contributed by atoms with Crippen molar-refractivity contribution in [2.45, 2.75) is 0 Å².